The number of carbonyl (C=O) groups is 1. The minimum absolute atomic E-state index is 0.287. The van der Waals surface area contributed by atoms with Crippen molar-refractivity contribution < 1.29 is 4.79 Å². The average molecular weight is 218 g/mol. The second kappa shape index (κ2) is 2.80. The van der Waals surface area contributed by atoms with E-state index in [1.807, 2.05) is 0 Å². The minimum Gasteiger partial charge on any atom is -0.294 e. The maximum atomic E-state index is 12.4. The standard InChI is InChI=1S/C15H22O/c1-9-11-7-14(3,4)8-12(11)13(16)10(2)15(9)5-6-15/h9-10H,5-8H2,1-4H3. The molecule has 2 atom stereocenters. The second-order valence-electron chi connectivity index (χ2n) is 7.06. The number of hydrogen-bond acceptors (Lipinski definition) is 1. The van der Waals surface area contributed by atoms with Gasteiger partial charge >= 0.3 is 0 Å². The van der Waals surface area contributed by atoms with Gasteiger partial charge in [0.25, 0.3) is 0 Å². The molecule has 0 amide bonds. The molecule has 88 valence electrons. The molecule has 0 aliphatic heterocycles. The predicted octanol–water partition coefficient (Wildman–Crippen LogP) is 3.74. The number of rotatable bonds is 0. The average Bonchev–Trinajstić information content (AvgIpc) is 2.93. The molecule has 1 saturated carbocycles. The van der Waals surface area contributed by atoms with Crippen molar-refractivity contribution in [2.45, 2.75) is 53.4 Å². The SMILES string of the molecule is CC1C(=O)C2=C(CC(C)(C)C2)C(C)C12CC2. The van der Waals surface area contributed by atoms with Crippen LogP contribution in [0.3, 0.4) is 0 Å². The summed E-state index contributed by atoms with van der Waals surface area (Å²) >= 11 is 0. The first-order valence-electron chi connectivity index (χ1n) is 6.63. The van der Waals surface area contributed by atoms with Crippen LogP contribution in [0.1, 0.15) is 53.4 Å². The van der Waals surface area contributed by atoms with Crippen molar-refractivity contribution in [3.63, 3.8) is 0 Å². The summed E-state index contributed by atoms with van der Waals surface area (Å²) in [6.45, 7) is 9.14. The second-order valence-corrected chi connectivity index (χ2v) is 7.06. The molecule has 0 radical (unpaired) electrons. The summed E-state index contributed by atoms with van der Waals surface area (Å²) in [6.07, 6.45) is 4.73. The van der Waals surface area contributed by atoms with Crippen molar-refractivity contribution in [3.8, 4) is 0 Å². The molecule has 1 heteroatoms. The van der Waals surface area contributed by atoms with E-state index in [2.05, 4.69) is 27.7 Å². The quantitative estimate of drug-likeness (QED) is 0.605. The molecule has 0 aromatic rings. The Balaban J connectivity index is 2.05. The van der Waals surface area contributed by atoms with Gasteiger partial charge in [-0.25, -0.2) is 0 Å². The summed E-state index contributed by atoms with van der Waals surface area (Å²) in [6, 6.07) is 0. The van der Waals surface area contributed by atoms with Crippen LogP contribution in [0.25, 0.3) is 0 Å². The summed E-state index contributed by atoms with van der Waals surface area (Å²) < 4.78 is 0. The van der Waals surface area contributed by atoms with Gasteiger partial charge in [0.05, 0.1) is 0 Å². The molecule has 3 aliphatic carbocycles. The van der Waals surface area contributed by atoms with E-state index in [1.165, 1.54) is 24.0 Å². The van der Waals surface area contributed by atoms with Crippen LogP contribution in [0.5, 0.6) is 0 Å². The van der Waals surface area contributed by atoms with Crippen LogP contribution in [-0.4, -0.2) is 5.78 Å². The number of hydrogen-bond donors (Lipinski definition) is 0. The molecule has 1 nitrogen and oxygen atoms in total. The van der Waals surface area contributed by atoms with Gasteiger partial charge in [0.1, 0.15) is 0 Å². The molecule has 1 fully saturated rings. The maximum Gasteiger partial charge on any atom is 0.162 e. The summed E-state index contributed by atoms with van der Waals surface area (Å²) in [4.78, 5) is 12.4. The number of allylic oxidation sites excluding steroid dienone is 2. The largest absolute Gasteiger partial charge is 0.294 e. The van der Waals surface area contributed by atoms with Gasteiger partial charge in [-0.05, 0) is 48.0 Å². The molecule has 16 heavy (non-hydrogen) atoms. The first kappa shape index (κ1) is 10.6. The minimum atomic E-state index is 0.287. The Kier molecular flexibility index (Phi) is 1.85. The Labute approximate surface area is 98.3 Å². The lowest BCUT2D eigenvalue weighted by Crippen LogP contribution is -2.34. The molecule has 1 spiro atoms. The van der Waals surface area contributed by atoms with Gasteiger partial charge in [0, 0.05) is 5.92 Å². The molecule has 0 saturated heterocycles. The third kappa shape index (κ3) is 1.15. The molecule has 0 heterocycles. The highest BCUT2D eigenvalue weighted by atomic mass is 16.1. The molecule has 0 aromatic heterocycles. The molecular weight excluding hydrogens is 196 g/mol. The smallest absolute Gasteiger partial charge is 0.162 e. The van der Waals surface area contributed by atoms with Gasteiger partial charge in [0.2, 0.25) is 0 Å². The normalized spacial score (nSPS) is 39.1. The fourth-order valence-electron chi connectivity index (χ4n) is 4.19. The molecule has 0 N–H and O–H groups in total. The summed E-state index contributed by atoms with van der Waals surface area (Å²) in [5.74, 6) is 1.43. The lowest BCUT2D eigenvalue weighted by molar-refractivity contribution is -0.122. The van der Waals surface area contributed by atoms with E-state index < -0.39 is 0 Å². The highest BCUT2D eigenvalue weighted by molar-refractivity contribution is 6.00. The van der Waals surface area contributed by atoms with Gasteiger partial charge < -0.3 is 0 Å². The lowest BCUT2D eigenvalue weighted by Gasteiger charge is -2.35. The van der Waals surface area contributed by atoms with Crippen molar-refractivity contribution in [2.24, 2.45) is 22.7 Å². The van der Waals surface area contributed by atoms with Crippen molar-refractivity contribution >= 4 is 5.78 Å². The summed E-state index contributed by atoms with van der Waals surface area (Å²) in [7, 11) is 0. The Morgan fingerprint density at radius 1 is 1.06 bits per heavy atom. The van der Waals surface area contributed by atoms with E-state index in [9.17, 15) is 4.79 Å². The molecule has 3 aliphatic rings. The van der Waals surface area contributed by atoms with E-state index in [-0.39, 0.29) is 5.92 Å². The Morgan fingerprint density at radius 3 is 2.25 bits per heavy atom. The summed E-state index contributed by atoms with van der Waals surface area (Å²) in [5, 5.41) is 0. The third-order valence-electron chi connectivity index (χ3n) is 5.48. The van der Waals surface area contributed by atoms with E-state index in [0.29, 0.717) is 22.5 Å². The van der Waals surface area contributed by atoms with E-state index in [0.717, 1.165) is 12.8 Å². The first-order chi connectivity index (χ1) is 7.37. The van der Waals surface area contributed by atoms with Crippen LogP contribution in [-0.2, 0) is 4.79 Å². The zero-order valence-corrected chi connectivity index (χ0v) is 10.9. The lowest BCUT2D eigenvalue weighted by atomic mass is 9.67. The Hall–Kier alpha value is -0.590. The van der Waals surface area contributed by atoms with Gasteiger partial charge in [-0.1, -0.05) is 33.3 Å². The van der Waals surface area contributed by atoms with Gasteiger partial charge in [-0.2, -0.15) is 0 Å². The molecule has 3 rings (SSSR count). The monoisotopic (exact) mass is 218 g/mol. The van der Waals surface area contributed by atoms with Crippen molar-refractivity contribution in [2.75, 3.05) is 0 Å². The van der Waals surface area contributed by atoms with Crippen molar-refractivity contribution in [1.29, 1.82) is 0 Å². The van der Waals surface area contributed by atoms with Gasteiger partial charge in [0.15, 0.2) is 5.78 Å². The van der Waals surface area contributed by atoms with E-state index >= 15 is 0 Å². The van der Waals surface area contributed by atoms with Gasteiger partial charge in [-0.3, -0.25) is 4.79 Å². The van der Waals surface area contributed by atoms with Crippen LogP contribution in [0.4, 0.5) is 0 Å². The van der Waals surface area contributed by atoms with Crippen LogP contribution in [0.2, 0.25) is 0 Å². The first-order valence-corrected chi connectivity index (χ1v) is 6.63. The summed E-state index contributed by atoms with van der Waals surface area (Å²) in [5.41, 5.74) is 3.43. The zero-order valence-electron chi connectivity index (χ0n) is 10.9. The van der Waals surface area contributed by atoms with Crippen molar-refractivity contribution in [1.82, 2.24) is 0 Å². The highest BCUT2D eigenvalue weighted by Crippen LogP contribution is 2.65. The van der Waals surface area contributed by atoms with Crippen LogP contribution >= 0.6 is 0 Å². The third-order valence-corrected chi connectivity index (χ3v) is 5.48. The number of carbonyl (C=O) groups excluding carboxylic acids is 1. The predicted molar refractivity (Wildman–Crippen MR) is 65.0 cm³/mol. The maximum absolute atomic E-state index is 12.4. The fourth-order valence-corrected chi connectivity index (χ4v) is 4.19. The Morgan fingerprint density at radius 2 is 1.69 bits per heavy atom. The van der Waals surface area contributed by atoms with Crippen LogP contribution in [0, 0.1) is 22.7 Å². The van der Waals surface area contributed by atoms with E-state index in [1.54, 1.807) is 0 Å². The number of ketones is 1. The van der Waals surface area contributed by atoms with E-state index in [4.69, 9.17) is 0 Å². The number of Topliss-reactive ketones (excluding diaryl/α,β-unsaturated/α-hetero) is 1. The molecule has 2 unspecified atom stereocenters. The Bertz CT molecular complexity index is 396. The van der Waals surface area contributed by atoms with Crippen molar-refractivity contribution in [3.05, 3.63) is 11.1 Å². The fraction of sp³-hybridized carbons (Fsp3) is 0.800. The van der Waals surface area contributed by atoms with Gasteiger partial charge in [-0.15, -0.1) is 0 Å². The van der Waals surface area contributed by atoms with Crippen LogP contribution in [0.15, 0.2) is 11.1 Å². The topological polar surface area (TPSA) is 17.1 Å². The molecule has 0 aromatic carbocycles. The highest BCUT2D eigenvalue weighted by Gasteiger charge is 2.59. The van der Waals surface area contributed by atoms with Crippen LogP contribution < -0.4 is 0 Å². The molecule has 0 bridgehead atoms. The zero-order chi connectivity index (χ0) is 11.7. The molecular formula is C15H22O.